The van der Waals surface area contributed by atoms with Crippen LogP contribution in [0, 0.1) is 5.41 Å². The maximum atomic E-state index is 13.2. The van der Waals surface area contributed by atoms with E-state index < -0.39 is 6.04 Å². The van der Waals surface area contributed by atoms with Crippen molar-refractivity contribution in [3.05, 3.63) is 102 Å². The topological polar surface area (TPSA) is 134 Å². The van der Waals surface area contributed by atoms with E-state index in [0.29, 0.717) is 43.4 Å². The number of benzene rings is 2. The average molecular weight is 565 g/mol. The second kappa shape index (κ2) is 11.8. The smallest absolute Gasteiger partial charge is 0.289 e. The Morgan fingerprint density at radius 1 is 1.14 bits per heavy atom. The second-order valence-electron chi connectivity index (χ2n) is 10.1. The van der Waals surface area contributed by atoms with Crippen molar-refractivity contribution in [2.75, 3.05) is 50.1 Å². The standard InChI is InChI=1S/C31H32N8O3/c1-37-14-8-7-13-27(37)39-20-24(29(36-39)38-15-17-41-18-16-38)28(32)42-31(33)35-26-19-23(21-9-3-2-4-10-21)22-11-5-6-12-25(22)34-30(26)40/h2-13,19-20,26,32H,14-18H2,1H3,(H2,33,35)(H,34,40). The zero-order valence-corrected chi connectivity index (χ0v) is 23.2. The first-order valence-corrected chi connectivity index (χ1v) is 13.8. The lowest BCUT2D eigenvalue weighted by molar-refractivity contribution is -0.116. The number of nitrogens with zero attached hydrogens (tertiary/aromatic N) is 5. The fourth-order valence-electron chi connectivity index (χ4n) is 5.14. The highest BCUT2D eigenvalue weighted by atomic mass is 16.5. The number of carbonyl (C=O) groups excluding carboxylic acids is 1. The number of morpholine rings is 1. The van der Waals surface area contributed by atoms with Crippen LogP contribution in [0.3, 0.4) is 0 Å². The third-order valence-corrected chi connectivity index (χ3v) is 7.26. The van der Waals surface area contributed by atoms with E-state index in [4.69, 9.17) is 25.7 Å². The molecule has 1 amide bonds. The van der Waals surface area contributed by atoms with E-state index in [1.807, 2.05) is 73.8 Å². The highest BCUT2D eigenvalue weighted by Crippen LogP contribution is 2.33. The van der Waals surface area contributed by atoms with Gasteiger partial charge >= 0.3 is 0 Å². The lowest BCUT2D eigenvalue weighted by atomic mass is 9.96. The van der Waals surface area contributed by atoms with Crippen molar-refractivity contribution in [3.63, 3.8) is 0 Å². The van der Waals surface area contributed by atoms with Crippen LogP contribution in [0.4, 0.5) is 11.5 Å². The van der Waals surface area contributed by atoms with Gasteiger partial charge in [0.1, 0.15) is 5.82 Å². The Morgan fingerprint density at radius 2 is 1.90 bits per heavy atom. The molecule has 6 rings (SSSR count). The van der Waals surface area contributed by atoms with Gasteiger partial charge in [-0.05, 0) is 29.4 Å². The summed E-state index contributed by atoms with van der Waals surface area (Å²) in [6.45, 7) is 3.12. The molecule has 0 aliphatic carbocycles. The van der Waals surface area contributed by atoms with Crippen molar-refractivity contribution in [2.24, 2.45) is 10.7 Å². The van der Waals surface area contributed by atoms with E-state index >= 15 is 0 Å². The summed E-state index contributed by atoms with van der Waals surface area (Å²) in [5, 5.41) is 16.6. The molecule has 0 radical (unpaired) electrons. The number of para-hydroxylation sites is 1. The summed E-state index contributed by atoms with van der Waals surface area (Å²) in [6, 6.07) is 16.1. The first-order valence-electron chi connectivity index (χ1n) is 13.8. The molecule has 4 heterocycles. The Kier molecular flexibility index (Phi) is 7.56. The van der Waals surface area contributed by atoms with Crippen molar-refractivity contribution >= 4 is 40.7 Å². The number of likely N-dealkylation sites (N-methyl/N-ethyl adjacent to an activating group) is 1. The Labute approximate surface area is 243 Å². The molecule has 0 spiro atoms. The third kappa shape index (κ3) is 5.54. The fourth-order valence-corrected chi connectivity index (χ4v) is 5.14. The van der Waals surface area contributed by atoms with E-state index in [1.54, 1.807) is 17.0 Å². The number of amides is 1. The molecule has 2 aromatic carbocycles. The van der Waals surface area contributed by atoms with Gasteiger partial charge in [-0.15, -0.1) is 5.10 Å². The van der Waals surface area contributed by atoms with Crippen LogP contribution in [0.2, 0.25) is 0 Å². The third-order valence-electron chi connectivity index (χ3n) is 7.26. The monoisotopic (exact) mass is 564 g/mol. The van der Waals surface area contributed by atoms with Crippen LogP contribution in [-0.2, 0) is 14.3 Å². The minimum Gasteiger partial charge on any atom is -0.407 e. The number of ether oxygens (including phenoxy) is 2. The van der Waals surface area contributed by atoms with E-state index in [-0.39, 0.29) is 17.8 Å². The number of hydrogen-bond acceptors (Lipinski definition) is 8. The molecule has 42 heavy (non-hydrogen) atoms. The first kappa shape index (κ1) is 27.0. The largest absolute Gasteiger partial charge is 0.407 e. The molecule has 11 heteroatoms. The highest BCUT2D eigenvalue weighted by molar-refractivity contribution is 6.06. The molecule has 1 aromatic heterocycles. The predicted molar refractivity (Wildman–Crippen MR) is 163 cm³/mol. The number of amidine groups is 1. The summed E-state index contributed by atoms with van der Waals surface area (Å²) in [6.07, 6.45) is 9.52. The maximum absolute atomic E-state index is 13.2. The van der Waals surface area contributed by atoms with Crippen molar-refractivity contribution in [1.29, 1.82) is 5.41 Å². The molecule has 4 N–H and O–H groups in total. The van der Waals surface area contributed by atoms with Gasteiger partial charge < -0.3 is 30.3 Å². The minimum atomic E-state index is -0.977. The summed E-state index contributed by atoms with van der Waals surface area (Å²) in [5.74, 6) is 0.881. The molecule has 3 aliphatic rings. The van der Waals surface area contributed by atoms with Gasteiger partial charge in [-0.3, -0.25) is 10.2 Å². The molecule has 1 fully saturated rings. The number of nitrogens with two attached hydrogens (primary N) is 1. The molecule has 0 bridgehead atoms. The summed E-state index contributed by atoms with van der Waals surface area (Å²) in [5.41, 5.74) is 10.0. The Hall–Kier alpha value is -5.16. The van der Waals surface area contributed by atoms with Crippen LogP contribution < -0.4 is 16.0 Å². The molecule has 11 nitrogen and oxygen atoms in total. The van der Waals surface area contributed by atoms with Gasteiger partial charge in [-0.2, -0.15) is 0 Å². The number of anilines is 2. The van der Waals surface area contributed by atoms with Crippen LogP contribution in [0.15, 0.2) is 90.1 Å². The number of hydrogen-bond donors (Lipinski definition) is 3. The van der Waals surface area contributed by atoms with Gasteiger partial charge in [0.05, 0.1) is 18.8 Å². The maximum Gasteiger partial charge on any atom is 0.289 e. The van der Waals surface area contributed by atoms with E-state index in [2.05, 4.69) is 26.2 Å². The van der Waals surface area contributed by atoms with Crippen LogP contribution in [0.5, 0.6) is 0 Å². The molecule has 3 aromatic rings. The molecule has 1 unspecified atom stereocenters. The summed E-state index contributed by atoms with van der Waals surface area (Å²) in [4.78, 5) is 21.8. The Bertz CT molecular complexity index is 1620. The molecule has 0 saturated carbocycles. The van der Waals surface area contributed by atoms with Gasteiger partial charge in [0.25, 0.3) is 11.9 Å². The van der Waals surface area contributed by atoms with Crippen LogP contribution >= 0.6 is 0 Å². The van der Waals surface area contributed by atoms with E-state index in [9.17, 15) is 4.79 Å². The molecule has 3 aliphatic heterocycles. The van der Waals surface area contributed by atoms with Crippen molar-refractivity contribution in [2.45, 2.75) is 6.04 Å². The van der Waals surface area contributed by atoms with Crippen molar-refractivity contribution in [3.8, 4) is 0 Å². The Balaban J connectivity index is 1.31. The number of nitrogens with one attached hydrogen (secondary N) is 2. The van der Waals surface area contributed by atoms with Gasteiger partial charge in [0.2, 0.25) is 5.90 Å². The van der Waals surface area contributed by atoms with Crippen LogP contribution in [-0.4, -0.2) is 78.4 Å². The van der Waals surface area contributed by atoms with Crippen LogP contribution in [0.1, 0.15) is 16.7 Å². The lowest BCUT2D eigenvalue weighted by Gasteiger charge is -2.27. The van der Waals surface area contributed by atoms with Gasteiger partial charge in [0, 0.05) is 44.1 Å². The number of carbonyl (C=O) groups is 1. The predicted octanol–water partition coefficient (Wildman–Crippen LogP) is 3.13. The number of fused-ring (bicyclic) bond motifs is 1. The number of allylic oxidation sites excluding steroid dienone is 2. The average Bonchev–Trinajstić information content (AvgIpc) is 3.41. The highest BCUT2D eigenvalue weighted by Gasteiger charge is 2.27. The number of aliphatic imine (C=N–C) groups is 1. The summed E-state index contributed by atoms with van der Waals surface area (Å²) < 4.78 is 13.0. The van der Waals surface area contributed by atoms with Crippen molar-refractivity contribution < 1.29 is 14.3 Å². The SMILES string of the molecule is CN1CC=CC=C1n1cc(C(=N)OC(N)=NC2C=C(c3ccccc3)c3ccccc3NC2=O)c(N2CCOCC2)n1. The zero-order valence-electron chi connectivity index (χ0n) is 23.2. The fraction of sp³-hybridized carbons (Fsp3) is 0.226. The van der Waals surface area contributed by atoms with Crippen molar-refractivity contribution in [1.82, 2.24) is 14.7 Å². The number of rotatable bonds is 5. The molecule has 214 valence electrons. The molecule has 1 atom stereocenters. The number of aromatic nitrogens is 2. The first-order chi connectivity index (χ1) is 20.5. The molecule has 1 saturated heterocycles. The zero-order chi connectivity index (χ0) is 29.1. The second-order valence-corrected chi connectivity index (χ2v) is 10.1. The van der Waals surface area contributed by atoms with Crippen LogP contribution in [0.25, 0.3) is 11.4 Å². The summed E-state index contributed by atoms with van der Waals surface area (Å²) >= 11 is 0. The van der Waals surface area contributed by atoms with Gasteiger partial charge in [-0.25, -0.2) is 9.67 Å². The normalized spacial score (nSPS) is 18.9. The van der Waals surface area contributed by atoms with E-state index in [1.165, 1.54) is 0 Å². The van der Waals surface area contributed by atoms with Gasteiger partial charge in [-0.1, -0.05) is 60.7 Å². The van der Waals surface area contributed by atoms with E-state index in [0.717, 1.165) is 29.1 Å². The summed E-state index contributed by atoms with van der Waals surface area (Å²) in [7, 11) is 1.98. The minimum absolute atomic E-state index is 0.219. The molecular formula is C31H32N8O3. The Morgan fingerprint density at radius 3 is 2.69 bits per heavy atom. The quantitative estimate of drug-likeness (QED) is 0.320. The lowest BCUT2D eigenvalue weighted by Crippen LogP contribution is -2.37. The molecular weight excluding hydrogens is 532 g/mol. The van der Waals surface area contributed by atoms with Gasteiger partial charge in [0.15, 0.2) is 11.9 Å².